The van der Waals surface area contributed by atoms with Gasteiger partial charge in [-0.1, -0.05) is 48.5 Å². The first-order valence-corrected chi connectivity index (χ1v) is 12.5. The molecular formula is C34H24IrN4-2. The van der Waals surface area contributed by atoms with Crippen LogP contribution in [0, 0.1) is 19.1 Å². The molecule has 0 aliphatic heterocycles. The number of hydrogen-bond donors (Lipinski definition) is 0. The molecule has 0 spiro atoms. The molecule has 39 heavy (non-hydrogen) atoms. The molecule has 0 bridgehead atoms. The van der Waals surface area contributed by atoms with E-state index in [0.29, 0.717) is 0 Å². The van der Waals surface area contributed by atoms with Crippen molar-refractivity contribution in [2.75, 3.05) is 0 Å². The molecule has 4 nitrogen and oxygen atoms in total. The molecule has 3 heterocycles. The third-order valence-corrected chi connectivity index (χ3v) is 6.28. The molecule has 5 heteroatoms. The summed E-state index contributed by atoms with van der Waals surface area (Å²) in [5.74, 6) is 0.882. The molecule has 0 aliphatic carbocycles. The molecular weight excluding hydrogens is 657 g/mol. The number of rotatable bonds is 3. The minimum absolute atomic E-state index is 0. The maximum Gasteiger partial charge on any atom is 0.0993 e. The Bertz CT molecular complexity index is 1760. The molecule has 0 unspecified atom stereocenters. The van der Waals surface area contributed by atoms with Gasteiger partial charge in [-0.2, -0.15) is 0 Å². The fourth-order valence-corrected chi connectivity index (χ4v) is 4.54. The van der Waals surface area contributed by atoms with Gasteiger partial charge in [-0.3, -0.25) is 9.97 Å². The normalized spacial score (nSPS) is 10.5. The van der Waals surface area contributed by atoms with Crippen molar-refractivity contribution in [1.29, 1.82) is 0 Å². The van der Waals surface area contributed by atoms with Crippen LogP contribution in [0.2, 0.25) is 0 Å². The van der Waals surface area contributed by atoms with E-state index in [1.807, 2.05) is 85.8 Å². The van der Waals surface area contributed by atoms with Crippen LogP contribution in [-0.2, 0) is 20.1 Å². The van der Waals surface area contributed by atoms with Crippen LogP contribution in [0.1, 0.15) is 5.69 Å². The van der Waals surface area contributed by atoms with Gasteiger partial charge in [0.25, 0.3) is 0 Å². The zero-order valence-corrected chi connectivity index (χ0v) is 23.6. The predicted octanol–water partition coefficient (Wildman–Crippen LogP) is 7.90. The van der Waals surface area contributed by atoms with E-state index < -0.39 is 0 Å². The van der Waals surface area contributed by atoms with Gasteiger partial charge in [0.2, 0.25) is 0 Å². The molecule has 0 fully saturated rings. The second-order valence-electron chi connectivity index (χ2n) is 8.79. The maximum atomic E-state index is 4.98. The summed E-state index contributed by atoms with van der Waals surface area (Å²) in [5.41, 5.74) is 8.00. The quantitative estimate of drug-likeness (QED) is 0.178. The van der Waals surface area contributed by atoms with Crippen molar-refractivity contribution in [3.8, 4) is 28.3 Å². The van der Waals surface area contributed by atoms with Gasteiger partial charge in [-0.05, 0) is 36.9 Å². The van der Waals surface area contributed by atoms with Gasteiger partial charge in [0.1, 0.15) is 0 Å². The number of benzene rings is 4. The van der Waals surface area contributed by atoms with Gasteiger partial charge in [-0.15, -0.1) is 71.8 Å². The predicted molar refractivity (Wildman–Crippen MR) is 154 cm³/mol. The maximum absolute atomic E-state index is 4.98. The molecule has 191 valence electrons. The summed E-state index contributed by atoms with van der Waals surface area (Å²) in [6.45, 7) is 2.02. The van der Waals surface area contributed by atoms with Crippen LogP contribution in [0.15, 0.2) is 128 Å². The van der Waals surface area contributed by atoms with Crippen LogP contribution in [0.25, 0.3) is 50.3 Å². The van der Waals surface area contributed by atoms with E-state index in [0.717, 1.165) is 56.0 Å². The van der Waals surface area contributed by atoms with Crippen LogP contribution in [0.3, 0.4) is 0 Å². The Labute approximate surface area is 241 Å². The number of aryl methyl sites for hydroxylation is 1. The molecule has 7 rings (SSSR count). The van der Waals surface area contributed by atoms with E-state index in [1.165, 1.54) is 0 Å². The minimum Gasteiger partial charge on any atom is -0.333 e. The first kappa shape index (κ1) is 26.2. The van der Waals surface area contributed by atoms with Crippen molar-refractivity contribution in [1.82, 2.24) is 19.5 Å². The average molecular weight is 681 g/mol. The largest absolute Gasteiger partial charge is 0.333 e. The van der Waals surface area contributed by atoms with Gasteiger partial charge in [-0.25, -0.2) is 0 Å². The van der Waals surface area contributed by atoms with Crippen molar-refractivity contribution in [2.45, 2.75) is 6.92 Å². The number of imidazole rings is 1. The smallest absolute Gasteiger partial charge is 0.0993 e. The monoisotopic (exact) mass is 681 g/mol. The molecule has 0 amide bonds. The summed E-state index contributed by atoms with van der Waals surface area (Å²) in [5, 5.41) is 1.10. The first-order valence-electron chi connectivity index (χ1n) is 12.5. The molecule has 1 radical (unpaired) electrons. The second-order valence-corrected chi connectivity index (χ2v) is 8.79. The number of hydrogen-bond acceptors (Lipinski definition) is 3. The van der Waals surface area contributed by atoms with Crippen molar-refractivity contribution < 1.29 is 20.1 Å². The van der Waals surface area contributed by atoms with E-state index >= 15 is 0 Å². The van der Waals surface area contributed by atoms with Crippen molar-refractivity contribution >= 4 is 21.9 Å². The SMILES string of the molecule is Cc1nc2ccccc2c2c1nc(-c1[c-]cccc1)n2-c1ccccc1.[Ir].[c-]1ccccc1-c1ccccn1. The van der Waals surface area contributed by atoms with Crippen molar-refractivity contribution in [2.24, 2.45) is 0 Å². The van der Waals surface area contributed by atoms with Gasteiger partial charge in [0.15, 0.2) is 0 Å². The molecule has 0 aliphatic rings. The zero-order valence-electron chi connectivity index (χ0n) is 21.2. The van der Waals surface area contributed by atoms with Gasteiger partial charge in [0, 0.05) is 37.4 Å². The van der Waals surface area contributed by atoms with E-state index in [2.05, 4.69) is 64.1 Å². The Hall–Kier alpha value is -4.44. The van der Waals surface area contributed by atoms with E-state index in [9.17, 15) is 0 Å². The molecule has 0 saturated carbocycles. The van der Waals surface area contributed by atoms with E-state index in [4.69, 9.17) is 9.97 Å². The Morgan fingerprint density at radius 2 is 1.31 bits per heavy atom. The molecule has 4 aromatic carbocycles. The van der Waals surface area contributed by atoms with E-state index in [-0.39, 0.29) is 20.1 Å². The van der Waals surface area contributed by atoms with Crippen molar-refractivity contribution in [3.63, 3.8) is 0 Å². The Morgan fingerprint density at radius 3 is 2.00 bits per heavy atom. The molecule has 7 aromatic rings. The van der Waals surface area contributed by atoms with Crippen LogP contribution >= 0.6 is 0 Å². The third kappa shape index (κ3) is 5.42. The fraction of sp³-hybridized carbons (Fsp3) is 0.0294. The fourth-order valence-electron chi connectivity index (χ4n) is 4.54. The van der Waals surface area contributed by atoms with Crippen LogP contribution in [0.4, 0.5) is 0 Å². The summed E-state index contributed by atoms with van der Waals surface area (Å²) < 4.78 is 2.22. The van der Waals surface area contributed by atoms with Gasteiger partial charge in [0.05, 0.1) is 28.1 Å². The van der Waals surface area contributed by atoms with Gasteiger partial charge >= 0.3 is 0 Å². The minimum atomic E-state index is 0. The third-order valence-electron chi connectivity index (χ3n) is 6.28. The molecule has 0 atom stereocenters. The van der Waals surface area contributed by atoms with E-state index in [1.54, 1.807) is 6.20 Å². The summed E-state index contributed by atoms with van der Waals surface area (Å²) in [4.78, 5) is 14.0. The molecule has 3 aromatic heterocycles. The average Bonchev–Trinajstić information content (AvgIpc) is 3.41. The first-order chi connectivity index (χ1) is 18.8. The number of pyridine rings is 2. The Balaban J connectivity index is 0.000000200. The van der Waals surface area contributed by atoms with Crippen LogP contribution in [0.5, 0.6) is 0 Å². The standard InChI is InChI=1S/C23H16N3.C11H8N.Ir/c1-16-21-22(19-14-8-9-15-20(19)24-16)26(18-12-6-3-7-13-18)23(25-21)17-10-4-2-5-11-17;1-2-6-10(7-3-1)11-8-4-5-9-12-11;/h2-10,12-15H,1H3;1-6,8-9H;/q2*-1;. The van der Waals surface area contributed by atoms with Gasteiger partial charge < -0.3 is 9.55 Å². The number of nitrogens with zero attached hydrogens (tertiary/aromatic N) is 4. The Kier molecular flexibility index (Phi) is 8.02. The molecule has 0 saturated heterocycles. The zero-order chi connectivity index (χ0) is 25.7. The number of aromatic nitrogens is 4. The van der Waals surface area contributed by atoms with Crippen LogP contribution < -0.4 is 0 Å². The van der Waals surface area contributed by atoms with Crippen LogP contribution in [-0.4, -0.2) is 19.5 Å². The second kappa shape index (κ2) is 12.0. The summed E-state index contributed by atoms with van der Waals surface area (Å²) >= 11 is 0. The Morgan fingerprint density at radius 1 is 0.641 bits per heavy atom. The number of fused-ring (bicyclic) bond motifs is 3. The summed E-state index contributed by atoms with van der Waals surface area (Å²) in [7, 11) is 0. The topological polar surface area (TPSA) is 43.6 Å². The summed E-state index contributed by atoms with van der Waals surface area (Å²) in [6, 6.07) is 46.7. The molecule has 0 N–H and O–H groups in total. The van der Waals surface area contributed by atoms with Crippen molar-refractivity contribution in [3.05, 3.63) is 145 Å². The summed E-state index contributed by atoms with van der Waals surface area (Å²) in [6.07, 6.45) is 1.79. The number of para-hydroxylation sites is 2.